The number of carboxylic acids is 1. The number of benzene rings is 1. The number of carboxylic acid groups (broad SMARTS) is 1. The van der Waals surface area contributed by atoms with Gasteiger partial charge in [0.25, 0.3) is 0 Å². The van der Waals surface area contributed by atoms with Crippen molar-refractivity contribution in [2.45, 2.75) is 4.90 Å². The molecule has 1 rings (SSSR count). The Labute approximate surface area is 91.6 Å². The van der Waals surface area contributed by atoms with Crippen molar-refractivity contribution < 1.29 is 9.90 Å². The molecule has 1 aromatic rings. The molecule has 2 nitrogen and oxygen atoms in total. The molecule has 0 saturated carbocycles. The molecule has 0 atom stereocenters. The summed E-state index contributed by atoms with van der Waals surface area (Å²) in [4.78, 5) is 11.4. The van der Waals surface area contributed by atoms with Crippen LogP contribution in [-0.2, 0) is 4.79 Å². The molecule has 0 aliphatic rings. The van der Waals surface area contributed by atoms with E-state index in [1.807, 2.05) is 12.1 Å². The van der Waals surface area contributed by atoms with Gasteiger partial charge in [0, 0.05) is 21.2 Å². The first kappa shape index (κ1) is 11.1. The van der Waals surface area contributed by atoms with Crippen LogP contribution in [0, 0.1) is 0 Å². The van der Waals surface area contributed by atoms with Gasteiger partial charge in [-0.25, -0.2) is 4.79 Å². The van der Waals surface area contributed by atoms with Gasteiger partial charge in [0.05, 0.1) is 0 Å². The van der Waals surface area contributed by atoms with Gasteiger partial charge in [0.15, 0.2) is 0 Å². The highest BCUT2D eigenvalue weighted by molar-refractivity contribution is 7.99. The molecule has 0 amide bonds. The summed E-state index contributed by atoms with van der Waals surface area (Å²) >= 11 is 7.13. The van der Waals surface area contributed by atoms with Crippen molar-refractivity contribution in [1.29, 1.82) is 0 Å². The average Bonchev–Trinajstić information content (AvgIpc) is 2.16. The summed E-state index contributed by atoms with van der Waals surface area (Å²) in [7, 11) is 0. The molecular weight excluding hydrogens is 220 g/mol. The number of carbonyl (C=O) groups is 1. The van der Waals surface area contributed by atoms with Crippen LogP contribution in [0.25, 0.3) is 0 Å². The Morgan fingerprint density at radius 3 is 2.50 bits per heavy atom. The number of hydrogen-bond acceptors (Lipinski definition) is 2. The maximum absolute atomic E-state index is 10.4. The molecule has 4 heteroatoms. The fourth-order valence-corrected chi connectivity index (χ4v) is 1.68. The number of rotatable bonds is 4. The Morgan fingerprint density at radius 2 is 2.00 bits per heavy atom. The normalized spacial score (nSPS) is 9.79. The molecule has 0 aliphatic heterocycles. The largest absolute Gasteiger partial charge is 0.478 e. The van der Waals surface area contributed by atoms with Crippen molar-refractivity contribution in [3.63, 3.8) is 0 Å². The zero-order valence-corrected chi connectivity index (χ0v) is 8.94. The average molecular weight is 229 g/mol. The molecule has 14 heavy (non-hydrogen) atoms. The Bertz CT molecular complexity index is 346. The van der Waals surface area contributed by atoms with Gasteiger partial charge in [-0.15, -0.1) is 11.8 Å². The highest BCUT2D eigenvalue weighted by Crippen LogP contribution is 2.21. The van der Waals surface area contributed by atoms with E-state index in [4.69, 9.17) is 16.7 Å². The third-order valence-corrected chi connectivity index (χ3v) is 2.88. The second-order valence-electron chi connectivity index (χ2n) is 2.65. The van der Waals surface area contributed by atoms with Crippen LogP contribution in [0.5, 0.6) is 0 Å². The van der Waals surface area contributed by atoms with E-state index in [2.05, 4.69) is 6.58 Å². The zero-order chi connectivity index (χ0) is 10.6. The lowest BCUT2D eigenvalue weighted by molar-refractivity contribution is -0.132. The summed E-state index contributed by atoms with van der Waals surface area (Å²) in [5, 5.41) is 9.24. The summed E-state index contributed by atoms with van der Waals surface area (Å²) in [5.74, 6) is -0.566. The van der Waals surface area contributed by atoms with Crippen LogP contribution in [0.3, 0.4) is 0 Å². The molecule has 0 spiro atoms. The van der Waals surface area contributed by atoms with E-state index in [-0.39, 0.29) is 5.57 Å². The summed E-state index contributed by atoms with van der Waals surface area (Å²) in [6.07, 6.45) is 0. The Kier molecular flexibility index (Phi) is 4.04. The molecule has 0 saturated heterocycles. The van der Waals surface area contributed by atoms with Crippen molar-refractivity contribution in [3.05, 3.63) is 41.4 Å². The minimum atomic E-state index is -0.952. The standard InChI is InChI=1S/C10H9ClO2S/c1-7(10(12)13)6-14-9-4-2-8(11)3-5-9/h2-5H,1,6H2,(H,12,13). The van der Waals surface area contributed by atoms with Gasteiger partial charge in [0.1, 0.15) is 0 Å². The number of thioether (sulfide) groups is 1. The van der Waals surface area contributed by atoms with Gasteiger partial charge in [-0.3, -0.25) is 0 Å². The monoisotopic (exact) mass is 228 g/mol. The van der Waals surface area contributed by atoms with Gasteiger partial charge in [-0.05, 0) is 24.3 Å². The number of hydrogen-bond donors (Lipinski definition) is 1. The Hall–Kier alpha value is -0.930. The molecule has 74 valence electrons. The number of aliphatic carboxylic acids is 1. The van der Waals surface area contributed by atoms with E-state index in [1.165, 1.54) is 11.8 Å². The Balaban J connectivity index is 2.50. The van der Waals surface area contributed by atoms with Gasteiger partial charge < -0.3 is 5.11 Å². The highest BCUT2D eigenvalue weighted by atomic mass is 35.5. The predicted molar refractivity (Wildman–Crippen MR) is 59.0 cm³/mol. The van der Waals surface area contributed by atoms with E-state index in [0.29, 0.717) is 10.8 Å². The fourth-order valence-electron chi connectivity index (χ4n) is 0.763. The molecule has 0 aromatic heterocycles. The molecule has 0 aliphatic carbocycles. The molecule has 0 radical (unpaired) electrons. The van der Waals surface area contributed by atoms with Crippen molar-refractivity contribution >= 4 is 29.3 Å². The lowest BCUT2D eigenvalue weighted by atomic mass is 10.4. The van der Waals surface area contributed by atoms with Crippen LogP contribution in [0.4, 0.5) is 0 Å². The quantitative estimate of drug-likeness (QED) is 0.636. The van der Waals surface area contributed by atoms with Crippen LogP contribution in [0.1, 0.15) is 0 Å². The molecule has 0 bridgehead atoms. The minimum Gasteiger partial charge on any atom is -0.478 e. The lowest BCUT2D eigenvalue weighted by Gasteiger charge is -2.00. The third kappa shape index (κ3) is 3.44. The first-order chi connectivity index (χ1) is 6.59. The van der Waals surface area contributed by atoms with Crippen LogP contribution >= 0.6 is 23.4 Å². The maximum Gasteiger partial charge on any atom is 0.331 e. The van der Waals surface area contributed by atoms with Crippen LogP contribution in [-0.4, -0.2) is 16.8 Å². The SMILES string of the molecule is C=C(CSc1ccc(Cl)cc1)C(=O)O. The third-order valence-electron chi connectivity index (χ3n) is 1.53. The summed E-state index contributed by atoms with van der Waals surface area (Å²) in [6, 6.07) is 7.24. The predicted octanol–water partition coefficient (Wildman–Crippen LogP) is 3.07. The van der Waals surface area contributed by atoms with Gasteiger partial charge >= 0.3 is 5.97 Å². The first-order valence-corrected chi connectivity index (χ1v) is 5.25. The second kappa shape index (κ2) is 5.08. The zero-order valence-electron chi connectivity index (χ0n) is 7.37. The van der Waals surface area contributed by atoms with E-state index >= 15 is 0 Å². The van der Waals surface area contributed by atoms with Gasteiger partial charge in [-0.2, -0.15) is 0 Å². The van der Waals surface area contributed by atoms with Gasteiger partial charge in [-0.1, -0.05) is 18.2 Å². The smallest absolute Gasteiger partial charge is 0.331 e. The summed E-state index contributed by atoms with van der Waals surface area (Å²) < 4.78 is 0. The van der Waals surface area contributed by atoms with Crippen LogP contribution in [0.15, 0.2) is 41.3 Å². The van der Waals surface area contributed by atoms with Gasteiger partial charge in [0.2, 0.25) is 0 Å². The molecule has 0 heterocycles. The number of halogens is 1. The van der Waals surface area contributed by atoms with Crippen LogP contribution < -0.4 is 0 Å². The molecule has 0 unspecified atom stereocenters. The topological polar surface area (TPSA) is 37.3 Å². The van der Waals surface area contributed by atoms with E-state index < -0.39 is 5.97 Å². The molecule has 0 fully saturated rings. The van der Waals surface area contributed by atoms with E-state index in [0.717, 1.165) is 4.90 Å². The molecule has 1 aromatic carbocycles. The highest BCUT2D eigenvalue weighted by Gasteiger charge is 2.04. The summed E-state index contributed by atoms with van der Waals surface area (Å²) in [5.41, 5.74) is 0.199. The summed E-state index contributed by atoms with van der Waals surface area (Å²) in [6.45, 7) is 3.44. The van der Waals surface area contributed by atoms with Crippen molar-refractivity contribution in [2.24, 2.45) is 0 Å². The molecule has 1 N–H and O–H groups in total. The van der Waals surface area contributed by atoms with Crippen molar-refractivity contribution in [1.82, 2.24) is 0 Å². The van der Waals surface area contributed by atoms with Crippen molar-refractivity contribution in [3.8, 4) is 0 Å². The first-order valence-electron chi connectivity index (χ1n) is 3.89. The van der Waals surface area contributed by atoms with E-state index in [1.54, 1.807) is 12.1 Å². The van der Waals surface area contributed by atoms with Crippen LogP contribution in [0.2, 0.25) is 5.02 Å². The fraction of sp³-hybridized carbons (Fsp3) is 0.100. The minimum absolute atomic E-state index is 0.199. The maximum atomic E-state index is 10.4. The molecular formula is C10H9ClO2S. The van der Waals surface area contributed by atoms with Crippen molar-refractivity contribution in [2.75, 3.05) is 5.75 Å². The lowest BCUT2D eigenvalue weighted by Crippen LogP contribution is -2.00. The Morgan fingerprint density at radius 1 is 1.43 bits per heavy atom. The second-order valence-corrected chi connectivity index (χ2v) is 4.14. The van der Waals surface area contributed by atoms with E-state index in [9.17, 15) is 4.79 Å².